The number of carbonyl (C=O) groups is 1. The lowest BCUT2D eigenvalue weighted by atomic mass is 10.1. The maximum atomic E-state index is 13.7. The Morgan fingerprint density at radius 3 is 2.78 bits per heavy atom. The minimum absolute atomic E-state index is 0.0255. The molecule has 3 aromatic rings. The van der Waals surface area contributed by atoms with Gasteiger partial charge in [-0.15, -0.1) is 0 Å². The van der Waals surface area contributed by atoms with Crippen molar-refractivity contribution in [1.82, 2.24) is 9.55 Å². The summed E-state index contributed by atoms with van der Waals surface area (Å²) in [6.45, 7) is 0.927. The van der Waals surface area contributed by atoms with E-state index in [4.69, 9.17) is 4.74 Å². The minimum atomic E-state index is -0.638. The molecule has 138 valence electrons. The van der Waals surface area contributed by atoms with Gasteiger partial charge in [0.15, 0.2) is 5.82 Å². The summed E-state index contributed by atoms with van der Waals surface area (Å²) in [5.74, 6) is -1.13. The molecular formula is C21H20FN3O2. The minimum Gasteiger partial charge on any atom is -0.381 e. The molecule has 0 saturated carbocycles. The van der Waals surface area contributed by atoms with E-state index in [-0.39, 0.29) is 11.7 Å². The van der Waals surface area contributed by atoms with Crippen LogP contribution in [0.1, 0.15) is 22.5 Å². The molecule has 0 saturated heterocycles. The fourth-order valence-electron chi connectivity index (χ4n) is 3.50. The molecule has 0 aliphatic carbocycles. The third kappa shape index (κ3) is 3.48. The topological polar surface area (TPSA) is 56.1 Å². The smallest absolute Gasteiger partial charge is 0.258 e. The van der Waals surface area contributed by atoms with Gasteiger partial charge >= 0.3 is 0 Å². The van der Waals surface area contributed by atoms with Crippen molar-refractivity contribution in [3.8, 4) is 11.3 Å². The van der Waals surface area contributed by atoms with Gasteiger partial charge in [0.2, 0.25) is 0 Å². The van der Waals surface area contributed by atoms with Crippen molar-refractivity contribution in [3.63, 3.8) is 0 Å². The Labute approximate surface area is 156 Å². The van der Waals surface area contributed by atoms with Crippen LogP contribution in [0.5, 0.6) is 0 Å². The molecule has 6 heteroatoms. The Hall–Kier alpha value is -2.99. The fourth-order valence-corrected chi connectivity index (χ4v) is 3.50. The average Bonchev–Trinajstić information content (AvgIpc) is 3.12. The van der Waals surface area contributed by atoms with Crippen LogP contribution in [0.2, 0.25) is 0 Å². The molecule has 27 heavy (non-hydrogen) atoms. The molecule has 1 amide bonds. The SMILES string of the molecule is COC1CCn2c(ccc2-c2ccc(NC(=O)c3ccncc3F)cc2)C1. The zero-order valence-corrected chi connectivity index (χ0v) is 15.0. The first-order valence-electron chi connectivity index (χ1n) is 8.88. The summed E-state index contributed by atoms with van der Waals surface area (Å²) in [5.41, 5.74) is 4.09. The van der Waals surface area contributed by atoms with E-state index in [0.29, 0.717) is 5.69 Å². The van der Waals surface area contributed by atoms with Gasteiger partial charge in [-0.25, -0.2) is 4.39 Å². The summed E-state index contributed by atoms with van der Waals surface area (Å²) in [4.78, 5) is 15.9. The lowest BCUT2D eigenvalue weighted by molar-refractivity contribution is 0.0812. The summed E-state index contributed by atoms with van der Waals surface area (Å²) >= 11 is 0. The van der Waals surface area contributed by atoms with Crippen LogP contribution in [0.4, 0.5) is 10.1 Å². The van der Waals surface area contributed by atoms with E-state index in [9.17, 15) is 9.18 Å². The van der Waals surface area contributed by atoms with Crippen LogP contribution >= 0.6 is 0 Å². The first kappa shape index (κ1) is 17.4. The summed E-state index contributed by atoms with van der Waals surface area (Å²) in [5, 5.41) is 2.72. The molecule has 1 unspecified atom stereocenters. The molecule has 1 N–H and O–H groups in total. The molecule has 1 atom stereocenters. The largest absolute Gasteiger partial charge is 0.381 e. The molecule has 0 spiro atoms. The molecule has 1 aliphatic rings. The predicted molar refractivity (Wildman–Crippen MR) is 101 cm³/mol. The Morgan fingerprint density at radius 2 is 2.04 bits per heavy atom. The molecule has 1 aliphatic heterocycles. The summed E-state index contributed by atoms with van der Waals surface area (Å²) in [7, 11) is 1.76. The highest BCUT2D eigenvalue weighted by atomic mass is 19.1. The Morgan fingerprint density at radius 1 is 1.22 bits per heavy atom. The van der Waals surface area contributed by atoms with Gasteiger partial charge in [-0.05, 0) is 42.3 Å². The second-order valence-electron chi connectivity index (χ2n) is 6.60. The van der Waals surface area contributed by atoms with E-state index in [2.05, 4.69) is 27.0 Å². The standard InChI is InChI=1S/C21H20FN3O2/c1-27-17-9-11-25-16(12-17)6-7-20(25)14-2-4-15(5-3-14)24-21(26)18-8-10-23-13-19(18)22/h2-8,10,13,17H,9,11-12H2,1H3,(H,24,26). The van der Waals surface area contributed by atoms with Crippen molar-refractivity contribution in [2.24, 2.45) is 0 Å². The summed E-state index contributed by atoms with van der Waals surface area (Å²) < 4.78 is 21.5. The van der Waals surface area contributed by atoms with Gasteiger partial charge in [0, 0.05) is 43.3 Å². The van der Waals surface area contributed by atoms with Crippen LogP contribution in [0, 0.1) is 5.82 Å². The number of pyridine rings is 1. The van der Waals surface area contributed by atoms with Gasteiger partial charge in [-0.1, -0.05) is 12.1 Å². The zero-order valence-electron chi connectivity index (χ0n) is 15.0. The number of carbonyl (C=O) groups excluding carboxylic acids is 1. The van der Waals surface area contributed by atoms with E-state index >= 15 is 0 Å². The van der Waals surface area contributed by atoms with E-state index in [0.717, 1.165) is 36.8 Å². The molecule has 1 aromatic carbocycles. The van der Waals surface area contributed by atoms with Crippen molar-refractivity contribution in [2.45, 2.75) is 25.5 Å². The van der Waals surface area contributed by atoms with Gasteiger partial charge < -0.3 is 14.6 Å². The first-order chi connectivity index (χ1) is 13.2. The molecule has 0 bridgehead atoms. The van der Waals surface area contributed by atoms with Crippen LogP contribution in [0.15, 0.2) is 54.9 Å². The normalized spacial score (nSPS) is 16.0. The quantitative estimate of drug-likeness (QED) is 0.763. The number of anilines is 1. The highest BCUT2D eigenvalue weighted by Crippen LogP contribution is 2.28. The number of fused-ring (bicyclic) bond motifs is 1. The number of nitrogens with one attached hydrogen (secondary N) is 1. The van der Waals surface area contributed by atoms with Gasteiger partial charge in [0.25, 0.3) is 5.91 Å². The van der Waals surface area contributed by atoms with Gasteiger partial charge in [0.05, 0.1) is 17.9 Å². The molecule has 0 fully saturated rings. The van der Waals surface area contributed by atoms with Crippen LogP contribution in [0.25, 0.3) is 11.3 Å². The Kier molecular flexibility index (Phi) is 4.73. The zero-order chi connectivity index (χ0) is 18.8. The summed E-state index contributed by atoms with van der Waals surface area (Å²) in [6, 6.07) is 13.2. The Bertz CT molecular complexity index is 966. The van der Waals surface area contributed by atoms with Crippen LogP contribution in [-0.2, 0) is 17.7 Å². The number of amides is 1. The van der Waals surface area contributed by atoms with Gasteiger partial charge in [-0.2, -0.15) is 0 Å². The fraction of sp³-hybridized carbons (Fsp3) is 0.238. The van der Waals surface area contributed by atoms with Gasteiger partial charge in [0.1, 0.15) is 0 Å². The van der Waals surface area contributed by atoms with E-state index in [1.165, 1.54) is 18.0 Å². The molecular weight excluding hydrogens is 345 g/mol. The van der Waals surface area contributed by atoms with Crippen molar-refractivity contribution in [3.05, 3.63) is 71.9 Å². The molecule has 3 heterocycles. The number of hydrogen-bond acceptors (Lipinski definition) is 3. The van der Waals surface area contributed by atoms with Gasteiger partial charge in [-0.3, -0.25) is 9.78 Å². The number of rotatable bonds is 4. The lowest BCUT2D eigenvalue weighted by Crippen LogP contribution is -2.24. The third-order valence-electron chi connectivity index (χ3n) is 4.97. The predicted octanol–water partition coefficient (Wildman–Crippen LogP) is 3.90. The lowest BCUT2D eigenvalue weighted by Gasteiger charge is -2.24. The number of hydrogen-bond donors (Lipinski definition) is 1. The van der Waals surface area contributed by atoms with Crippen LogP contribution in [-0.4, -0.2) is 28.7 Å². The number of nitrogens with zero attached hydrogens (tertiary/aromatic N) is 2. The number of benzene rings is 1. The summed E-state index contributed by atoms with van der Waals surface area (Å²) in [6.07, 6.45) is 4.62. The second-order valence-corrected chi connectivity index (χ2v) is 6.60. The maximum Gasteiger partial charge on any atom is 0.258 e. The maximum absolute atomic E-state index is 13.7. The highest BCUT2D eigenvalue weighted by molar-refractivity contribution is 6.04. The van der Waals surface area contributed by atoms with Crippen molar-refractivity contribution < 1.29 is 13.9 Å². The molecule has 4 rings (SSSR count). The van der Waals surface area contributed by atoms with Crippen molar-refractivity contribution in [1.29, 1.82) is 0 Å². The Balaban J connectivity index is 1.51. The average molecular weight is 365 g/mol. The molecule has 5 nitrogen and oxygen atoms in total. The third-order valence-corrected chi connectivity index (χ3v) is 4.97. The second kappa shape index (κ2) is 7.32. The van der Waals surface area contributed by atoms with E-state index in [1.807, 2.05) is 24.3 Å². The molecule has 0 radical (unpaired) electrons. The number of methoxy groups -OCH3 is 1. The van der Waals surface area contributed by atoms with Crippen LogP contribution < -0.4 is 5.32 Å². The monoisotopic (exact) mass is 365 g/mol. The van der Waals surface area contributed by atoms with Crippen molar-refractivity contribution in [2.75, 3.05) is 12.4 Å². The first-order valence-corrected chi connectivity index (χ1v) is 8.88. The van der Waals surface area contributed by atoms with Crippen molar-refractivity contribution >= 4 is 11.6 Å². The number of halogens is 1. The highest BCUT2D eigenvalue weighted by Gasteiger charge is 2.20. The molecule has 2 aromatic heterocycles. The van der Waals surface area contributed by atoms with Crippen LogP contribution in [0.3, 0.4) is 0 Å². The number of aromatic nitrogens is 2. The van der Waals surface area contributed by atoms with E-state index < -0.39 is 11.7 Å². The van der Waals surface area contributed by atoms with E-state index in [1.54, 1.807) is 7.11 Å². The number of ether oxygens (including phenoxy) is 1.